The van der Waals surface area contributed by atoms with Crippen LogP contribution in [-0.4, -0.2) is 60.9 Å². The summed E-state index contributed by atoms with van der Waals surface area (Å²) in [5, 5.41) is 15.9. The maximum atomic E-state index is 12.3. The van der Waals surface area contributed by atoms with Crippen LogP contribution in [0.5, 0.6) is 0 Å². The number of ether oxygens (including phenoxy) is 1. The molecule has 0 bridgehead atoms. The largest absolute Gasteiger partial charge is 0.394 e. The van der Waals surface area contributed by atoms with E-state index in [0.29, 0.717) is 26.3 Å². The first-order valence-corrected chi connectivity index (χ1v) is 8.67. The molecule has 0 spiro atoms. The standard InChI is InChI=1S/C19H23N3O4/c23-13-17(19(25)21-22-7-9-26-10-8-22)20-18(24)12-14-5-6-15-3-1-2-4-16(15)11-14/h1-6,11,17,23H,7-10,12-13H2,(H,20,24)(H,21,25)/t17-/m0/s1. The number of fused-ring (bicyclic) bond motifs is 1. The highest BCUT2D eigenvalue weighted by atomic mass is 16.5. The Bertz CT molecular complexity index is 774. The Morgan fingerprint density at radius 1 is 1.12 bits per heavy atom. The monoisotopic (exact) mass is 357 g/mol. The number of carbonyl (C=O) groups excluding carboxylic acids is 2. The number of rotatable bonds is 6. The third-order valence-corrected chi connectivity index (χ3v) is 4.29. The molecule has 2 aromatic rings. The number of hydrazine groups is 1. The minimum absolute atomic E-state index is 0.145. The normalized spacial score (nSPS) is 16.2. The van der Waals surface area contributed by atoms with Crippen molar-refractivity contribution in [3.63, 3.8) is 0 Å². The molecule has 0 unspecified atom stereocenters. The maximum Gasteiger partial charge on any atom is 0.259 e. The van der Waals surface area contributed by atoms with Gasteiger partial charge in [-0.3, -0.25) is 15.0 Å². The molecule has 0 aliphatic carbocycles. The summed E-state index contributed by atoms with van der Waals surface area (Å²) < 4.78 is 5.22. The van der Waals surface area contributed by atoms with Gasteiger partial charge in [-0.2, -0.15) is 0 Å². The predicted octanol–water partition coefficient (Wildman–Crippen LogP) is 0.223. The number of aliphatic hydroxyl groups excluding tert-OH is 1. The minimum atomic E-state index is -0.981. The van der Waals surface area contributed by atoms with Gasteiger partial charge >= 0.3 is 0 Å². The molecule has 1 heterocycles. The predicted molar refractivity (Wildman–Crippen MR) is 97.2 cm³/mol. The van der Waals surface area contributed by atoms with Crippen LogP contribution in [0.15, 0.2) is 42.5 Å². The molecule has 26 heavy (non-hydrogen) atoms. The Kier molecular flexibility index (Phi) is 6.17. The Balaban J connectivity index is 1.56. The SMILES string of the molecule is O=C(Cc1ccc2ccccc2c1)N[C@@H](CO)C(=O)NN1CCOCC1. The lowest BCUT2D eigenvalue weighted by atomic mass is 10.0. The van der Waals surface area contributed by atoms with Crippen molar-refractivity contribution in [1.82, 2.24) is 15.8 Å². The van der Waals surface area contributed by atoms with Crippen LogP contribution in [-0.2, 0) is 20.7 Å². The van der Waals surface area contributed by atoms with Gasteiger partial charge in [-0.05, 0) is 16.3 Å². The highest BCUT2D eigenvalue weighted by Gasteiger charge is 2.22. The molecule has 2 aromatic carbocycles. The first-order chi connectivity index (χ1) is 12.7. The quantitative estimate of drug-likeness (QED) is 0.688. The fraction of sp³-hybridized carbons (Fsp3) is 0.368. The van der Waals surface area contributed by atoms with Crippen molar-refractivity contribution in [3.8, 4) is 0 Å². The molecular formula is C19H23N3O4. The topological polar surface area (TPSA) is 90.9 Å². The van der Waals surface area contributed by atoms with E-state index < -0.39 is 18.6 Å². The zero-order valence-corrected chi connectivity index (χ0v) is 14.5. The van der Waals surface area contributed by atoms with Gasteiger partial charge in [0.2, 0.25) is 5.91 Å². The van der Waals surface area contributed by atoms with Crippen LogP contribution in [0, 0.1) is 0 Å². The first-order valence-electron chi connectivity index (χ1n) is 8.67. The number of aliphatic hydroxyl groups is 1. The van der Waals surface area contributed by atoms with Crippen LogP contribution in [0.1, 0.15) is 5.56 Å². The van der Waals surface area contributed by atoms with Crippen molar-refractivity contribution in [2.45, 2.75) is 12.5 Å². The van der Waals surface area contributed by atoms with Crippen molar-refractivity contribution in [2.75, 3.05) is 32.9 Å². The fourth-order valence-corrected chi connectivity index (χ4v) is 2.88. The molecule has 1 fully saturated rings. The van der Waals surface area contributed by atoms with Crippen molar-refractivity contribution < 1.29 is 19.4 Å². The minimum Gasteiger partial charge on any atom is -0.394 e. The molecule has 1 saturated heterocycles. The number of nitrogens with one attached hydrogen (secondary N) is 2. The highest BCUT2D eigenvalue weighted by Crippen LogP contribution is 2.15. The second-order valence-corrected chi connectivity index (χ2v) is 6.24. The number of amides is 2. The Labute approximate surface area is 151 Å². The van der Waals surface area contributed by atoms with Crippen LogP contribution in [0.3, 0.4) is 0 Å². The molecule has 0 saturated carbocycles. The summed E-state index contributed by atoms with van der Waals surface area (Å²) in [5.74, 6) is -0.738. The highest BCUT2D eigenvalue weighted by molar-refractivity contribution is 5.89. The maximum absolute atomic E-state index is 12.3. The van der Waals surface area contributed by atoms with Crippen LogP contribution >= 0.6 is 0 Å². The van der Waals surface area contributed by atoms with Crippen molar-refractivity contribution in [2.24, 2.45) is 0 Å². The number of carbonyl (C=O) groups is 2. The van der Waals surface area contributed by atoms with E-state index in [9.17, 15) is 14.7 Å². The molecule has 0 radical (unpaired) electrons. The molecule has 2 amide bonds. The van der Waals surface area contributed by atoms with Crippen LogP contribution in [0.2, 0.25) is 0 Å². The van der Waals surface area contributed by atoms with E-state index >= 15 is 0 Å². The third-order valence-electron chi connectivity index (χ3n) is 4.29. The van der Waals surface area contributed by atoms with E-state index in [2.05, 4.69) is 10.7 Å². The van der Waals surface area contributed by atoms with Crippen molar-refractivity contribution >= 4 is 22.6 Å². The van der Waals surface area contributed by atoms with Gasteiger partial charge in [0.05, 0.1) is 26.2 Å². The van der Waals surface area contributed by atoms with Crippen LogP contribution < -0.4 is 10.7 Å². The zero-order valence-electron chi connectivity index (χ0n) is 14.5. The van der Waals surface area contributed by atoms with Crippen LogP contribution in [0.25, 0.3) is 10.8 Å². The third kappa shape index (κ3) is 4.78. The van der Waals surface area contributed by atoms with E-state index in [0.717, 1.165) is 16.3 Å². The first kappa shape index (κ1) is 18.3. The van der Waals surface area contributed by atoms with Gasteiger partial charge in [-0.15, -0.1) is 0 Å². The summed E-state index contributed by atoms with van der Waals surface area (Å²) in [6, 6.07) is 12.7. The number of benzene rings is 2. The molecule has 1 aliphatic rings. The van der Waals surface area contributed by atoms with E-state index in [1.54, 1.807) is 5.01 Å². The summed E-state index contributed by atoms with van der Waals surface area (Å²) in [6.45, 7) is 1.78. The number of nitrogens with zero attached hydrogens (tertiary/aromatic N) is 1. The number of hydrogen-bond acceptors (Lipinski definition) is 5. The summed E-state index contributed by atoms with van der Waals surface area (Å²) in [7, 11) is 0. The molecule has 1 aliphatic heterocycles. The van der Waals surface area contributed by atoms with Crippen LogP contribution in [0.4, 0.5) is 0 Å². The van der Waals surface area contributed by atoms with E-state index in [-0.39, 0.29) is 12.3 Å². The molecule has 7 heteroatoms. The smallest absolute Gasteiger partial charge is 0.259 e. The van der Waals surface area contributed by atoms with Gasteiger partial charge in [0, 0.05) is 13.1 Å². The Morgan fingerprint density at radius 2 is 1.85 bits per heavy atom. The summed E-state index contributed by atoms with van der Waals surface area (Å²) in [5.41, 5.74) is 3.56. The lowest BCUT2D eigenvalue weighted by Gasteiger charge is -2.28. The molecule has 7 nitrogen and oxygen atoms in total. The average Bonchev–Trinajstić information content (AvgIpc) is 2.66. The molecule has 1 atom stereocenters. The Hall–Kier alpha value is -2.48. The van der Waals surface area contributed by atoms with Gasteiger partial charge in [-0.25, -0.2) is 5.01 Å². The van der Waals surface area contributed by atoms with E-state index in [1.807, 2.05) is 42.5 Å². The fourth-order valence-electron chi connectivity index (χ4n) is 2.88. The van der Waals surface area contributed by atoms with E-state index in [1.165, 1.54) is 0 Å². The molecular weight excluding hydrogens is 334 g/mol. The van der Waals surface area contributed by atoms with E-state index in [4.69, 9.17) is 4.74 Å². The molecule has 3 rings (SSSR count). The molecule has 0 aromatic heterocycles. The second kappa shape index (κ2) is 8.75. The van der Waals surface area contributed by atoms with Gasteiger partial charge in [0.25, 0.3) is 5.91 Å². The van der Waals surface area contributed by atoms with Crippen molar-refractivity contribution in [1.29, 1.82) is 0 Å². The summed E-state index contributed by atoms with van der Waals surface area (Å²) in [6.07, 6.45) is 0.145. The zero-order chi connectivity index (χ0) is 18.4. The lowest BCUT2D eigenvalue weighted by molar-refractivity contribution is -0.134. The van der Waals surface area contributed by atoms with Crippen molar-refractivity contribution in [3.05, 3.63) is 48.0 Å². The second-order valence-electron chi connectivity index (χ2n) is 6.24. The summed E-state index contributed by atoms with van der Waals surface area (Å²) in [4.78, 5) is 24.5. The Morgan fingerprint density at radius 3 is 2.58 bits per heavy atom. The number of hydrogen-bond donors (Lipinski definition) is 3. The van der Waals surface area contributed by atoms with Gasteiger partial charge in [0.1, 0.15) is 6.04 Å². The molecule has 3 N–H and O–H groups in total. The lowest BCUT2D eigenvalue weighted by Crippen LogP contribution is -2.56. The molecule has 138 valence electrons. The van der Waals surface area contributed by atoms with Gasteiger partial charge in [-0.1, -0.05) is 42.5 Å². The number of morpholine rings is 1. The summed E-state index contributed by atoms with van der Waals surface area (Å²) >= 11 is 0. The average molecular weight is 357 g/mol. The van der Waals surface area contributed by atoms with Gasteiger partial charge in [0.15, 0.2) is 0 Å². The van der Waals surface area contributed by atoms with Gasteiger partial charge < -0.3 is 15.2 Å².